The molecule has 0 aromatic heterocycles. The van der Waals surface area contributed by atoms with Crippen LogP contribution in [0.5, 0.6) is 0 Å². The molecule has 1 rings (SSSR count). The summed E-state index contributed by atoms with van der Waals surface area (Å²) < 4.78 is 29.6. The van der Waals surface area contributed by atoms with Crippen LogP contribution in [0.4, 0.5) is 0 Å². The van der Waals surface area contributed by atoms with Crippen LogP contribution in [0, 0.1) is 11.3 Å². The van der Waals surface area contributed by atoms with Gasteiger partial charge in [-0.2, -0.15) is 5.26 Å². The smallest absolute Gasteiger partial charge is 0.324 e. The van der Waals surface area contributed by atoms with Crippen LogP contribution in [0.1, 0.15) is 37.8 Å². The largest absolute Gasteiger partial charge is 0.465 e. The number of hydrogen-bond acceptors (Lipinski definition) is 5. The van der Waals surface area contributed by atoms with Gasteiger partial charge in [-0.1, -0.05) is 26.0 Å². The fraction of sp³-hybridized carbons (Fsp3) is 0.467. The van der Waals surface area contributed by atoms with E-state index >= 15 is 0 Å². The van der Waals surface area contributed by atoms with Gasteiger partial charge in [-0.3, -0.25) is 4.79 Å². The first-order chi connectivity index (χ1) is 9.94. The maximum atomic E-state index is 12.3. The van der Waals surface area contributed by atoms with Gasteiger partial charge in [0.05, 0.1) is 24.0 Å². The first kappa shape index (κ1) is 17.2. The number of sulfone groups is 1. The second kappa shape index (κ2) is 7.79. The molecule has 0 saturated heterocycles. The Labute approximate surface area is 125 Å². The second-order valence-corrected chi connectivity index (χ2v) is 6.86. The van der Waals surface area contributed by atoms with Crippen molar-refractivity contribution < 1.29 is 17.9 Å². The number of esters is 1. The Kier molecular flexibility index (Phi) is 6.38. The minimum Gasteiger partial charge on any atom is -0.465 e. The van der Waals surface area contributed by atoms with Gasteiger partial charge in [0.1, 0.15) is 0 Å². The van der Waals surface area contributed by atoms with Crippen molar-refractivity contribution in [1.82, 2.24) is 0 Å². The molecule has 0 N–H and O–H groups in total. The summed E-state index contributed by atoms with van der Waals surface area (Å²) in [6.45, 7) is 3.72. The second-order valence-electron chi connectivity index (χ2n) is 4.68. The lowest BCUT2D eigenvalue weighted by molar-refractivity contribution is -0.143. The number of carbonyl (C=O) groups excluding carboxylic acids is 1. The van der Waals surface area contributed by atoms with Gasteiger partial charge in [-0.05, 0) is 30.5 Å². The molecule has 114 valence electrons. The van der Waals surface area contributed by atoms with Gasteiger partial charge >= 0.3 is 5.97 Å². The van der Waals surface area contributed by atoms with Crippen LogP contribution in [0.3, 0.4) is 0 Å². The average molecular weight is 309 g/mol. The summed E-state index contributed by atoms with van der Waals surface area (Å²) >= 11 is 0. The fourth-order valence-electron chi connectivity index (χ4n) is 1.87. The zero-order valence-electron chi connectivity index (χ0n) is 12.2. The lowest BCUT2D eigenvalue weighted by Crippen LogP contribution is -2.32. The van der Waals surface area contributed by atoms with E-state index in [1.807, 2.05) is 13.0 Å². The molecular formula is C15H19NO4S. The third-order valence-electron chi connectivity index (χ3n) is 2.97. The molecule has 1 unspecified atom stereocenters. The topological polar surface area (TPSA) is 84.2 Å². The normalized spacial score (nSPS) is 12.4. The molecule has 0 bridgehead atoms. The summed E-state index contributed by atoms with van der Waals surface area (Å²) in [6.07, 6.45) is 0.832. The Morgan fingerprint density at radius 3 is 2.38 bits per heavy atom. The highest BCUT2D eigenvalue weighted by Gasteiger charge is 2.32. The first-order valence-corrected chi connectivity index (χ1v) is 8.53. The van der Waals surface area contributed by atoms with E-state index in [1.165, 1.54) is 0 Å². The van der Waals surface area contributed by atoms with Gasteiger partial charge in [0, 0.05) is 0 Å². The van der Waals surface area contributed by atoms with Crippen LogP contribution in [0.2, 0.25) is 0 Å². The van der Waals surface area contributed by atoms with E-state index < -0.39 is 21.1 Å². The number of carbonyl (C=O) groups is 1. The standard InChI is InChI=1S/C15H19NO4S/c1-3-9-20-15(17)14(4-2)21(18,19)11-13-7-5-12(10-16)6-8-13/h5-8,14H,3-4,9,11H2,1-2H3. The minimum absolute atomic E-state index is 0.182. The Balaban J connectivity index is 2.86. The van der Waals surface area contributed by atoms with Crippen molar-refractivity contribution in [2.45, 2.75) is 37.7 Å². The monoisotopic (exact) mass is 309 g/mol. The molecule has 1 aromatic carbocycles. The highest BCUT2D eigenvalue weighted by atomic mass is 32.2. The van der Waals surface area contributed by atoms with Crippen molar-refractivity contribution >= 4 is 15.8 Å². The summed E-state index contributed by atoms with van der Waals surface area (Å²) in [5, 5.41) is 7.57. The third kappa shape index (κ3) is 4.87. The quantitative estimate of drug-likeness (QED) is 0.721. The third-order valence-corrected chi connectivity index (χ3v) is 5.09. The molecule has 6 heteroatoms. The zero-order valence-corrected chi connectivity index (χ0v) is 13.0. The number of nitrogens with zero attached hydrogens (tertiary/aromatic N) is 1. The van der Waals surface area contributed by atoms with E-state index in [2.05, 4.69) is 0 Å². The highest BCUT2D eigenvalue weighted by molar-refractivity contribution is 7.92. The molecule has 0 heterocycles. The SMILES string of the molecule is CCCOC(=O)C(CC)S(=O)(=O)Cc1ccc(C#N)cc1. The molecule has 0 amide bonds. The molecule has 0 saturated carbocycles. The fourth-order valence-corrected chi connectivity index (χ4v) is 3.60. The van der Waals surface area contributed by atoms with E-state index in [0.717, 1.165) is 0 Å². The van der Waals surface area contributed by atoms with E-state index in [1.54, 1.807) is 31.2 Å². The molecule has 1 aromatic rings. The molecule has 1 atom stereocenters. The van der Waals surface area contributed by atoms with E-state index in [-0.39, 0.29) is 18.8 Å². The predicted octanol–water partition coefficient (Wildman–Crippen LogP) is 2.20. The van der Waals surface area contributed by atoms with E-state index in [4.69, 9.17) is 10.00 Å². The molecular weight excluding hydrogens is 290 g/mol. The molecule has 0 aliphatic rings. The minimum atomic E-state index is -3.63. The number of rotatable bonds is 7. The molecule has 0 aliphatic heterocycles. The van der Waals surface area contributed by atoms with E-state index in [0.29, 0.717) is 17.5 Å². The lowest BCUT2D eigenvalue weighted by Gasteiger charge is -2.15. The van der Waals surface area contributed by atoms with Crippen molar-refractivity contribution in [2.75, 3.05) is 6.61 Å². The van der Waals surface area contributed by atoms with Gasteiger partial charge in [0.15, 0.2) is 15.1 Å². The average Bonchev–Trinajstić information content (AvgIpc) is 2.45. The number of ether oxygens (including phenoxy) is 1. The van der Waals surface area contributed by atoms with Crippen LogP contribution in [0.25, 0.3) is 0 Å². The number of hydrogen-bond donors (Lipinski definition) is 0. The Morgan fingerprint density at radius 1 is 1.29 bits per heavy atom. The molecule has 0 radical (unpaired) electrons. The summed E-state index contributed by atoms with van der Waals surface area (Å²) in [5.41, 5.74) is 1.02. The van der Waals surface area contributed by atoms with Crippen molar-refractivity contribution in [1.29, 1.82) is 5.26 Å². The first-order valence-electron chi connectivity index (χ1n) is 6.81. The van der Waals surface area contributed by atoms with Gasteiger partial charge < -0.3 is 4.74 Å². The van der Waals surface area contributed by atoms with E-state index in [9.17, 15) is 13.2 Å². The van der Waals surface area contributed by atoms with Crippen LogP contribution >= 0.6 is 0 Å². The summed E-state index contributed by atoms with van der Waals surface area (Å²) in [4.78, 5) is 11.8. The molecule has 21 heavy (non-hydrogen) atoms. The number of benzene rings is 1. The maximum absolute atomic E-state index is 12.3. The van der Waals surface area contributed by atoms with Crippen molar-refractivity contribution in [3.63, 3.8) is 0 Å². The van der Waals surface area contributed by atoms with Gasteiger partial charge in [0.2, 0.25) is 0 Å². The van der Waals surface area contributed by atoms with Crippen LogP contribution < -0.4 is 0 Å². The van der Waals surface area contributed by atoms with Crippen molar-refractivity contribution in [3.05, 3.63) is 35.4 Å². The molecule has 0 fully saturated rings. The van der Waals surface area contributed by atoms with Gasteiger partial charge in [0.25, 0.3) is 0 Å². The molecule has 5 nitrogen and oxygen atoms in total. The predicted molar refractivity (Wildman–Crippen MR) is 79.1 cm³/mol. The zero-order chi connectivity index (χ0) is 15.9. The Bertz CT molecular complexity index is 614. The lowest BCUT2D eigenvalue weighted by atomic mass is 10.2. The van der Waals surface area contributed by atoms with Crippen molar-refractivity contribution in [2.24, 2.45) is 0 Å². The molecule has 0 spiro atoms. The Morgan fingerprint density at radius 2 is 1.90 bits per heavy atom. The van der Waals surface area contributed by atoms with Crippen molar-refractivity contribution in [3.8, 4) is 6.07 Å². The number of nitriles is 1. The maximum Gasteiger partial charge on any atom is 0.324 e. The highest BCUT2D eigenvalue weighted by Crippen LogP contribution is 2.16. The van der Waals surface area contributed by atoms with Gasteiger partial charge in [-0.25, -0.2) is 8.42 Å². The Hall–Kier alpha value is -1.87. The van der Waals surface area contributed by atoms with Crippen LogP contribution in [-0.4, -0.2) is 26.2 Å². The van der Waals surface area contributed by atoms with Gasteiger partial charge in [-0.15, -0.1) is 0 Å². The molecule has 0 aliphatic carbocycles. The summed E-state index contributed by atoms with van der Waals surface area (Å²) in [7, 11) is -3.63. The van der Waals surface area contributed by atoms with Crippen LogP contribution in [0.15, 0.2) is 24.3 Å². The summed E-state index contributed by atoms with van der Waals surface area (Å²) in [5.74, 6) is -0.925. The summed E-state index contributed by atoms with van der Waals surface area (Å²) in [6, 6.07) is 8.25. The van der Waals surface area contributed by atoms with Crippen LogP contribution in [-0.2, 0) is 25.1 Å².